The molecule has 2 N–H and O–H groups in total. The molecule has 3 unspecified atom stereocenters. The minimum atomic E-state index is -0.727. The first-order chi connectivity index (χ1) is 16.1. The number of likely N-dealkylation sites (N-methyl/N-ethyl adjacent to an activating group) is 2. The minimum Gasteiger partial charge on any atom is -0.497 e. The third-order valence-corrected chi connectivity index (χ3v) is 6.79. The summed E-state index contributed by atoms with van der Waals surface area (Å²) < 4.78 is 5.19. The average molecular weight is 493 g/mol. The van der Waals surface area contributed by atoms with E-state index < -0.39 is 17.2 Å². The second kappa shape index (κ2) is 13.6. The standard InChI is InChI=1S/C25H40N4O4S/c1-17(2)14-20(22(34)16-23(30)29-12-10-28(4)11-13-29)24(31)27-21(25(32)26-3)15-18-6-8-19(33-5)9-7-18/h6-9,17,20-22,34H,10-16H2,1-5H3,(H,26,32)(H,27,31). The first-order valence-corrected chi connectivity index (χ1v) is 12.5. The molecule has 1 aliphatic rings. The van der Waals surface area contributed by atoms with E-state index in [1.54, 1.807) is 14.2 Å². The van der Waals surface area contributed by atoms with E-state index in [2.05, 4.69) is 15.5 Å². The number of hydrogen-bond donors (Lipinski definition) is 3. The highest BCUT2D eigenvalue weighted by molar-refractivity contribution is 7.81. The van der Waals surface area contributed by atoms with Gasteiger partial charge in [-0.1, -0.05) is 26.0 Å². The molecule has 0 spiro atoms. The predicted octanol–water partition coefficient (Wildman–Crippen LogP) is 1.59. The summed E-state index contributed by atoms with van der Waals surface area (Å²) >= 11 is 4.70. The normalized spacial score (nSPS) is 17.1. The van der Waals surface area contributed by atoms with Crippen LogP contribution in [0.5, 0.6) is 5.75 Å². The molecule has 0 radical (unpaired) electrons. The van der Waals surface area contributed by atoms with Crippen LogP contribution in [0.2, 0.25) is 0 Å². The number of rotatable bonds is 11. The Labute approximate surface area is 209 Å². The molecule has 9 heteroatoms. The van der Waals surface area contributed by atoms with Crippen molar-refractivity contribution in [2.45, 2.75) is 44.4 Å². The van der Waals surface area contributed by atoms with Gasteiger partial charge in [0, 0.05) is 51.3 Å². The molecule has 1 aromatic carbocycles. The van der Waals surface area contributed by atoms with Gasteiger partial charge in [-0.2, -0.15) is 12.6 Å². The Kier molecular flexibility index (Phi) is 11.2. The predicted molar refractivity (Wildman–Crippen MR) is 137 cm³/mol. The average Bonchev–Trinajstić information content (AvgIpc) is 2.82. The van der Waals surface area contributed by atoms with Crippen LogP contribution in [0, 0.1) is 11.8 Å². The summed E-state index contributed by atoms with van der Waals surface area (Å²) in [6.45, 7) is 7.15. The largest absolute Gasteiger partial charge is 0.497 e. The lowest BCUT2D eigenvalue weighted by atomic mass is 9.90. The van der Waals surface area contributed by atoms with E-state index in [0.29, 0.717) is 25.9 Å². The number of piperazine rings is 1. The van der Waals surface area contributed by atoms with Crippen molar-refractivity contribution in [3.63, 3.8) is 0 Å². The van der Waals surface area contributed by atoms with Crippen LogP contribution in [0.15, 0.2) is 24.3 Å². The number of nitrogens with one attached hydrogen (secondary N) is 2. The van der Waals surface area contributed by atoms with Crippen molar-refractivity contribution in [2.24, 2.45) is 11.8 Å². The second-order valence-electron chi connectivity index (χ2n) is 9.42. The lowest BCUT2D eigenvalue weighted by molar-refractivity contribution is -0.134. The van der Waals surface area contributed by atoms with E-state index in [1.807, 2.05) is 50.1 Å². The summed E-state index contributed by atoms with van der Waals surface area (Å²) in [5.74, 6) is -0.00872. The number of nitrogens with zero attached hydrogens (tertiary/aromatic N) is 2. The maximum absolute atomic E-state index is 13.4. The molecule has 0 aromatic heterocycles. The van der Waals surface area contributed by atoms with Crippen LogP contribution in [0.4, 0.5) is 0 Å². The van der Waals surface area contributed by atoms with Gasteiger partial charge in [0.1, 0.15) is 11.8 Å². The Morgan fingerprint density at radius 1 is 1.06 bits per heavy atom. The Bertz CT molecular complexity index is 810. The highest BCUT2D eigenvalue weighted by Crippen LogP contribution is 2.24. The minimum absolute atomic E-state index is 0.0238. The van der Waals surface area contributed by atoms with Crippen LogP contribution in [-0.2, 0) is 20.8 Å². The van der Waals surface area contributed by atoms with Gasteiger partial charge in [-0.25, -0.2) is 0 Å². The fourth-order valence-electron chi connectivity index (χ4n) is 4.11. The molecule has 3 amide bonds. The monoisotopic (exact) mass is 492 g/mol. The maximum Gasteiger partial charge on any atom is 0.242 e. The van der Waals surface area contributed by atoms with Gasteiger partial charge in [0.05, 0.1) is 13.0 Å². The first kappa shape index (κ1) is 28.0. The van der Waals surface area contributed by atoms with Gasteiger partial charge in [0.15, 0.2) is 0 Å². The number of amides is 3. The van der Waals surface area contributed by atoms with Crippen LogP contribution < -0.4 is 15.4 Å². The Hall–Kier alpha value is -2.26. The van der Waals surface area contributed by atoms with E-state index in [-0.39, 0.29) is 30.1 Å². The summed E-state index contributed by atoms with van der Waals surface area (Å²) in [5, 5.41) is 5.14. The molecule has 0 bridgehead atoms. The molecular formula is C25H40N4O4S. The fraction of sp³-hybridized carbons (Fsp3) is 0.640. The molecule has 0 saturated carbocycles. The van der Waals surface area contributed by atoms with Gasteiger partial charge in [-0.15, -0.1) is 0 Å². The zero-order valence-corrected chi connectivity index (χ0v) is 21.9. The molecule has 1 heterocycles. The van der Waals surface area contributed by atoms with Crippen LogP contribution in [-0.4, -0.2) is 86.2 Å². The van der Waals surface area contributed by atoms with Crippen molar-refractivity contribution in [3.8, 4) is 5.75 Å². The molecule has 0 aliphatic carbocycles. The number of carbonyl (C=O) groups is 3. The molecule has 190 valence electrons. The number of carbonyl (C=O) groups excluding carboxylic acids is 3. The van der Waals surface area contributed by atoms with Gasteiger partial charge in [0.25, 0.3) is 0 Å². The van der Waals surface area contributed by atoms with Crippen LogP contribution in [0.1, 0.15) is 32.3 Å². The Morgan fingerprint density at radius 2 is 1.68 bits per heavy atom. The van der Waals surface area contributed by atoms with E-state index in [9.17, 15) is 14.4 Å². The summed E-state index contributed by atoms with van der Waals surface area (Å²) in [4.78, 5) is 42.8. The second-order valence-corrected chi connectivity index (χ2v) is 10.1. The zero-order valence-electron chi connectivity index (χ0n) is 21.0. The summed E-state index contributed by atoms with van der Waals surface area (Å²) in [5.41, 5.74) is 0.905. The Balaban J connectivity index is 2.08. The number of hydrogen-bond acceptors (Lipinski definition) is 6. The molecule has 8 nitrogen and oxygen atoms in total. The van der Waals surface area contributed by atoms with Crippen molar-refractivity contribution in [2.75, 3.05) is 47.4 Å². The lowest BCUT2D eigenvalue weighted by Gasteiger charge is -2.34. The summed E-state index contributed by atoms with van der Waals surface area (Å²) in [6.07, 6.45) is 1.13. The molecule has 1 aromatic rings. The highest BCUT2D eigenvalue weighted by atomic mass is 32.1. The van der Waals surface area contributed by atoms with Gasteiger partial charge in [0.2, 0.25) is 17.7 Å². The van der Waals surface area contributed by atoms with E-state index in [4.69, 9.17) is 17.4 Å². The quantitative estimate of drug-likeness (QED) is 0.408. The SMILES string of the molecule is CNC(=O)C(Cc1ccc(OC)cc1)NC(=O)C(CC(C)C)C(S)CC(=O)N1CCN(C)CC1. The van der Waals surface area contributed by atoms with Crippen LogP contribution in [0.3, 0.4) is 0 Å². The first-order valence-electron chi connectivity index (χ1n) is 11.9. The van der Waals surface area contributed by atoms with Crippen molar-refractivity contribution in [1.82, 2.24) is 20.4 Å². The van der Waals surface area contributed by atoms with Gasteiger partial charge in [-0.05, 0) is 37.1 Å². The maximum atomic E-state index is 13.4. The van der Waals surface area contributed by atoms with Crippen molar-refractivity contribution in [1.29, 1.82) is 0 Å². The molecule has 1 fully saturated rings. The molecule has 1 aliphatic heterocycles. The van der Waals surface area contributed by atoms with Crippen molar-refractivity contribution in [3.05, 3.63) is 29.8 Å². The zero-order chi connectivity index (χ0) is 25.3. The van der Waals surface area contributed by atoms with E-state index in [1.165, 1.54) is 0 Å². The molecule has 3 atom stereocenters. The van der Waals surface area contributed by atoms with Crippen LogP contribution in [0.25, 0.3) is 0 Å². The number of thiol groups is 1. The van der Waals surface area contributed by atoms with Gasteiger partial charge in [-0.3, -0.25) is 14.4 Å². The molecular weight excluding hydrogens is 452 g/mol. The number of methoxy groups -OCH3 is 1. The van der Waals surface area contributed by atoms with Crippen molar-refractivity contribution < 1.29 is 19.1 Å². The number of benzene rings is 1. The van der Waals surface area contributed by atoms with E-state index in [0.717, 1.165) is 24.4 Å². The Morgan fingerprint density at radius 3 is 2.21 bits per heavy atom. The summed E-state index contributed by atoms with van der Waals surface area (Å²) in [6, 6.07) is 6.68. The topological polar surface area (TPSA) is 91.0 Å². The molecule has 34 heavy (non-hydrogen) atoms. The van der Waals surface area contributed by atoms with E-state index >= 15 is 0 Å². The third-order valence-electron chi connectivity index (χ3n) is 6.24. The molecule has 2 rings (SSSR count). The summed E-state index contributed by atoms with van der Waals surface area (Å²) in [7, 11) is 5.19. The van der Waals surface area contributed by atoms with Crippen LogP contribution >= 0.6 is 12.6 Å². The molecule has 1 saturated heterocycles. The number of ether oxygens (including phenoxy) is 1. The lowest BCUT2D eigenvalue weighted by Crippen LogP contribution is -2.51. The van der Waals surface area contributed by atoms with Crippen molar-refractivity contribution >= 4 is 30.4 Å². The smallest absolute Gasteiger partial charge is 0.242 e. The fourth-order valence-corrected chi connectivity index (χ4v) is 4.53. The van der Waals surface area contributed by atoms with Gasteiger partial charge < -0.3 is 25.2 Å². The highest BCUT2D eigenvalue weighted by Gasteiger charge is 2.32. The van der Waals surface area contributed by atoms with Gasteiger partial charge >= 0.3 is 0 Å². The third kappa shape index (κ3) is 8.51.